The number of anilines is 1. The van der Waals surface area contributed by atoms with Crippen molar-refractivity contribution in [1.29, 1.82) is 0 Å². The Morgan fingerprint density at radius 2 is 1.45 bits per heavy atom. The molecule has 7 nitrogen and oxygen atoms in total. The minimum absolute atomic E-state index is 0.0703. The quantitative estimate of drug-likeness (QED) is 0.224. The van der Waals surface area contributed by atoms with Gasteiger partial charge in [-0.25, -0.2) is 13.2 Å². The lowest BCUT2D eigenvalue weighted by molar-refractivity contribution is -0.147. The van der Waals surface area contributed by atoms with Gasteiger partial charge in [0.2, 0.25) is 15.9 Å². The number of carboxylic acids is 1. The molecule has 0 aromatic heterocycles. The number of carbonyl (C=O) groups is 2. The maximum Gasteiger partial charge on any atom is 0.330 e. The minimum Gasteiger partial charge on any atom is -0.479 e. The average molecular weight is 603 g/mol. The first kappa shape index (κ1) is 29.4. The van der Waals surface area contributed by atoms with Crippen LogP contribution in [0.15, 0.2) is 91.0 Å². The molecule has 3 N–H and O–H groups in total. The van der Waals surface area contributed by atoms with Crippen molar-refractivity contribution >= 4 is 39.2 Å². The maximum atomic E-state index is 13.0. The van der Waals surface area contributed by atoms with Gasteiger partial charge in [0.25, 0.3) is 0 Å². The second-order valence-electron chi connectivity index (χ2n) is 10.8. The molecule has 0 bridgehead atoms. The lowest BCUT2D eigenvalue weighted by Gasteiger charge is -2.25. The lowest BCUT2D eigenvalue weighted by Crippen LogP contribution is -2.55. The number of amides is 1. The molecule has 4 aromatic carbocycles. The summed E-state index contributed by atoms with van der Waals surface area (Å²) in [6.07, 6.45) is 3.10. The zero-order chi connectivity index (χ0) is 29.9. The van der Waals surface area contributed by atoms with Crippen molar-refractivity contribution in [2.45, 2.75) is 37.6 Å². The molecule has 0 heterocycles. The molecule has 1 aliphatic rings. The van der Waals surface area contributed by atoms with Crippen LogP contribution in [0.1, 0.15) is 27.8 Å². The molecule has 0 spiro atoms. The number of carboxylic acid groups (broad SMARTS) is 1. The first-order valence-corrected chi connectivity index (χ1v) is 15.8. The number of rotatable bonds is 10. The van der Waals surface area contributed by atoms with Gasteiger partial charge in [0.1, 0.15) is 5.54 Å². The van der Waals surface area contributed by atoms with E-state index in [1.54, 1.807) is 6.07 Å². The fourth-order valence-electron chi connectivity index (χ4n) is 5.40. The zero-order valence-electron chi connectivity index (χ0n) is 23.1. The molecule has 0 saturated carbocycles. The molecule has 1 aliphatic carbocycles. The molecule has 1 unspecified atom stereocenters. The lowest BCUT2D eigenvalue weighted by atomic mass is 9.95. The summed E-state index contributed by atoms with van der Waals surface area (Å²) >= 11 is 6.01. The van der Waals surface area contributed by atoms with Crippen molar-refractivity contribution in [3.63, 3.8) is 0 Å². The molecule has 0 radical (unpaired) electrons. The Bertz CT molecular complexity index is 1740. The average Bonchev–Trinajstić information content (AvgIpc) is 3.31. The van der Waals surface area contributed by atoms with E-state index in [0.717, 1.165) is 58.0 Å². The third-order valence-electron chi connectivity index (χ3n) is 7.48. The van der Waals surface area contributed by atoms with E-state index in [1.165, 1.54) is 0 Å². The van der Waals surface area contributed by atoms with Crippen molar-refractivity contribution in [1.82, 2.24) is 5.32 Å². The van der Waals surface area contributed by atoms with Crippen LogP contribution in [0.25, 0.3) is 11.1 Å². The standard InChI is InChI=1S/C33H31ClN2O5S/c1-42(40,41)36-30-4-2-3-23(17-30)8-5-22-6-9-24(10-7-22)18-31(37)35-33(32(38)39)20-27-12-11-26(19-28(27)21-33)25-13-15-29(34)16-14-25/h2-4,6-7,9-17,19,36H,5,8,18,20-21H2,1H3,(H,35,37)(H,38,39). The van der Waals surface area contributed by atoms with E-state index in [4.69, 9.17) is 11.6 Å². The Morgan fingerprint density at radius 3 is 2.14 bits per heavy atom. The van der Waals surface area contributed by atoms with Gasteiger partial charge >= 0.3 is 5.97 Å². The molecular weight excluding hydrogens is 572 g/mol. The number of halogens is 1. The molecule has 42 heavy (non-hydrogen) atoms. The van der Waals surface area contributed by atoms with Gasteiger partial charge in [-0.3, -0.25) is 9.52 Å². The first-order chi connectivity index (χ1) is 20.0. The normalized spacial score (nSPS) is 16.0. The number of benzene rings is 4. The molecular formula is C33H31ClN2O5S. The Morgan fingerprint density at radius 1 is 0.810 bits per heavy atom. The van der Waals surface area contributed by atoms with E-state index in [1.807, 2.05) is 84.9 Å². The van der Waals surface area contributed by atoms with Crippen LogP contribution in [-0.4, -0.2) is 37.2 Å². The highest BCUT2D eigenvalue weighted by Crippen LogP contribution is 2.34. The van der Waals surface area contributed by atoms with Crippen LogP contribution in [0.5, 0.6) is 0 Å². The predicted octanol–water partition coefficient (Wildman–Crippen LogP) is 5.44. The van der Waals surface area contributed by atoms with Gasteiger partial charge < -0.3 is 10.4 Å². The van der Waals surface area contributed by atoms with Crippen LogP contribution in [0.3, 0.4) is 0 Å². The maximum absolute atomic E-state index is 13.0. The van der Waals surface area contributed by atoms with E-state index < -0.39 is 21.5 Å². The van der Waals surface area contributed by atoms with Gasteiger partial charge in [0.15, 0.2) is 0 Å². The van der Waals surface area contributed by atoms with E-state index in [2.05, 4.69) is 10.0 Å². The SMILES string of the molecule is CS(=O)(=O)Nc1cccc(CCc2ccc(CC(=O)NC3(C(=O)O)Cc4ccc(-c5ccc(Cl)cc5)cc4C3)cc2)c1. The highest BCUT2D eigenvalue weighted by atomic mass is 35.5. The van der Waals surface area contributed by atoms with Gasteiger partial charge in [-0.15, -0.1) is 0 Å². The fraction of sp³-hybridized carbons (Fsp3) is 0.212. The summed E-state index contributed by atoms with van der Waals surface area (Å²) in [5, 5.41) is 13.6. The molecule has 1 amide bonds. The smallest absolute Gasteiger partial charge is 0.330 e. The molecule has 0 aliphatic heterocycles. The van der Waals surface area contributed by atoms with Crippen LogP contribution < -0.4 is 10.0 Å². The summed E-state index contributed by atoms with van der Waals surface area (Å²) in [4.78, 5) is 25.5. The number of hydrogen-bond donors (Lipinski definition) is 3. The zero-order valence-corrected chi connectivity index (χ0v) is 24.6. The van der Waals surface area contributed by atoms with Crippen molar-refractivity contribution in [2.24, 2.45) is 0 Å². The molecule has 4 aromatic rings. The van der Waals surface area contributed by atoms with Crippen LogP contribution >= 0.6 is 11.6 Å². The Balaban J connectivity index is 1.20. The van der Waals surface area contributed by atoms with Crippen LogP contribution in [0.2, 0.25) is 5.02 Å². The van der Waals surface area contributed by atoms with Gasteiger partial charge in [-0.1, -0.05) is 78.3 Å². The summed E-state index contributed by atoms with van der Waals surface area (Å²) in [6, 6.07) is 28.3. The summed E-state index contributed by atoms with van der Waals surface area (Å²) in [5.41, 5.74) is 5.79. The minimum atomic E-state index is -3.34. The summed E-state index contributed by atoms with van der Waals surface area (Å²) in [6.45, 7) is 0. The number of hydrogen-bond acceptors (Lipinski definition) is 4. The van der Waals surface area contributed by atoms with Crippen LogP contribution in [0.4, 0.5) is 5.69 Å². The molecule has 1 atom stereocenters. The van der Waals surface area contributed by atoms with Crippen LogP contribution in [0, 0.1) is 0 Å². The summed E-state index contributed by atoms with van der Waals surface area (Å²) in [5.74, 6) is -1.39. The number of carbonyl (C=O) groups excluding carboxylic acids is 1. The predicted molar refractivity (Wildman–Crippen MR) is 165 cm³/mol. The van der Waals surface area contributed by atoms with E-state index in [0.29, 0.717) is 10.7 Å². The third-order valence-corrected chi connectivity index (χ3v) is 8.34. The highest BCUT2D eigenvalue weighted by Gasteiger charge is 2.45. The fourth-order valence-corrected chi connectivity index (χ4v) is 6.09. The largest absolute Gasteiger partial charge is 0.479 e. The second kappa shape index (κ2) is 12.0. The number of fused-ring (bicyclic) bond motifs is 1. The molecule has 0 saturated heterocycles. The van der Waals surface area contributed by atoms with Gasteiger partial charge in [-0.05, 0) is 76.1 Å². The number of sulfonamides is 1. The van der Waals surface area contributed by atoms with Crippen molar-refractivity contribution in [2.75, 3.05) is 11.0 Å². The van der Waals surface area contributed by atoms with E-state index in [-0.39, 0.29) is 25.2 Å². The summed E-state index contributed by atoms with van der Waals surface area (Å²) < 4.78 is 25.5. The Hall–Kier alpha value is -4.14. The van der Waals surface area contributed by atoms with E-state index >= 15 is 0 Å². The third kappa shape index (κ3) is 7.19. The Kier molecular flexibility index (Phi) is 8.38. The molecule has 216 valence electrons. The van der Waals surface area contributed by atoms with Gasteiger partial charge in [-0.2, -0.15) is 0 Å². The van der Waals surface area contributed by atoms with Crippen LogP contribution in [-0.2, 0) is 51.7 Å². The number of aryl methyl sites for hydroxylation is 2. The van der Waals surface area contributed by atoms with Gasteiger partial charge in [0, 0.05) is 23.6 Å². The first-order valence-electron chi connectivity index (χ1n) is 13.5. The van der Waals surface area contributed by atoms with Crippen molar-refractivity contribution in [3.05, 3.63) is 124 Å². The molecule has 9 heteroatoms. The molecule has 0 fully saturated rings. The Labute approximate surface area is 250 Å². The monoisotopic (exact) mass is 602 g/mol. The van der Waals surface area contributed by atoms with E-state index in [9.17, 15) is 23.1 Å². The summed E-state index contributed by atoms with van der Waals surface area (Å²) in [7, 11) is -3.34. The van der Waals surface area contributed by atoms with Gasteiger partial charge in [0.05, 0.1) is 12.7 Å². The number of nitrogens with one attached hydrogen (secondary N) is 2. The topological polar surface area (TPSA) is 113 Å². The second-order valence-corrected chi connectivity index (χ2v) is 13.0. The van der Waals surface area contributed by atoms with Crippen molar-refractivity contribution < 1.29 is 23.1 Å². The molecule has 5 rings (SSSR count). The highest BCUT2D eigenvalue weighted by molar-refractivity contribution is 7.92. The van der Waals surface area contributed by atoms with Crippen molar-refractivity contribution in [3.8, 4) is 11.1 Å². The number of aliphatic carboxylic acids is 1.